The largest absolute Gasteiger partial charge is 0.444 e. The molecule has 2 N–H and O–H groups in total. The molecule has 11 heteroatoms. The summed E-state index contributed by atoms with van der Waals surface area (Å²) in [5, 5.41) is 5.28. The number of carbonyl (C=O) groups excluding carboxylic acids is 2. The van der Waals surface area contributed by atoms with Crippen LogP contribution >= 0.6 is 22.6 Å². The average Bonchev–Trinajstić information content (AvgIpc) is 3.01. The number of anilines is 1. The maximum Gasteiger partial charge on any atom is 0.413 e. The average molecular weight is 585 g/mol. The molecule has 2 amide bonds. The Balaban J connectivity index is 1.98. The lowest BCUT2D eigenvalue weighted by Gasteiger charge is -2.33. The Kier molecular flexibility index (Phi) is 6.98. The molecule has 2 aromatic rings. The second-order valence-electron chi connectivity index (χ2n) is 10.2. The van der Waals surface area contributed by atoms with E-state index in [0.717, 1.165) is 3.70 Å². The summed E-state index contributed by atoms with van der Waals surface area (Å²) < 4.78 is 28.3. The molecule has 184 valence electrons. The summed E-state index contributed by atoms with van der Waals surface area (Å²) in [6.07, 6.45) is 0.298. The number of nitrogens with zero attached hydrogens (tertiary/aromatic N) is 3. The standard InChI is InChI=1S/C23H29FIN5O4/c1-21(2,3)33-19(31)27-13-8-9-15(24)14(10-13)23(7)12-30-16(25)11-26-18(30)17(29-23)28-20(32)34-22(4,5)6/h8-11H,12H2,1-7H3,(H,27,31)(H,28,29,32)/t23-/m0/s1. The fourth-order valence-electron chi connectivity index (χ4n) is 3.40. The van der Waals surface area contributed by atoms with E-state index >= 15 is 4.39 Å². The molecule has 0 radical (unpaired) electrons. The first-order chi connectivity index (χ1) is 15.6. The molecule has 1 aromatic carbocycles. The first-order valence-electron chi connectivity index (χ1n) is 10.7. The number of aliphatic imine (C=N–C) groups is 1. The van der Waals surface area contributed by atoms with Crippen LogP contribution in [0.3, 0.4) is 0 Å². The number of hydrogen-bond acceptors (Lipinski definition) is 6. The van der Waals surface area contributed by atoms with Gasteiger partial charge >= 0.3 is 12.2 Å². The number of amidine groups is 1. The number of imidazole rings is 1. The Bertz CT molecular complexity index is 1150. The highest BCUT2D eigenvalue weighted by molar-refractivity contribution is 14.1. The van der Waals surface area contributed by atoms with Crippen LogP contribution in [0, 0.1) is 9.52 Å². The molecular weight excluding hydrogens is 556 g/mol. The molecule has 0 saturated heterocycles. The van der Waals surface area contributed by atoms with Crippen molar-refractivity contribution in [3.8, 4) is 0 Å². The Morgan fingerprint density at radius 2 is 1.68 bits per heavy atom. The Morgan fingerprint density at radius 3 is 2.26 bits per heavy atom. The molecule has 1 aliphatic heterocycles. The highest BCUT2D eigenvalue weighted by atomic mass is 127. The van der Waals surface area contributed by atoms with Crippen molar-refractivity contribution < 1.29 is 23.5 Å². The Morgan fingerprint density at radius 1 is 1.09 bits per heavy atom. The van der Waals surface area contributed by atoms with Crippen molar-refractivity contribution >= 4 is 46.3 Å². The number of benzene rings is 1. The minimum absolute atomic E-state index is 0.163. The third kappa shape index (κ3) is 6.24. The van der Waals surface area contributed by atoms with E-state index < -0.39 is 34.7 Å². The molecule has 1 aromatic heterocycles. The molecule has 0 unspecified atom stereocenters. The van der Waals surface area contributed by atoms with Gasteiger partial charge in [-0.25, -0.2) is 19.0 Å². The highest BCUT2D eigenvalue weighted by Gasteiger charge is 2.37. The fraction of sp³-hybridized carbons (Fsp3) is 0.478. The van der Waals surface area contributed by atoms with Crippen LogP contribution in [-0.2, 0) is 21.6 Å². The topological polar surface area (TPSA) is 107 Å². The van der Waals surface area contributed by atoms with Crippen LogP contribution in [0.4, 0.5) is 19.7 Å². The molecule has 0 spiro atoms. The van der Waals surface area contributed by atoms with Crippen molar-refractivity contribution in [2.45, 2.75) is 71.8 Å². The zero-order chi connectivity index (χ0) is 25.5. The van der Waals surface area contributed by atoms with E-state index in [2.05, 4.69) is 43.2 Å². The van der Waals surface area contributed by atoms with Crippen molar-refractivity contribution in [1.82, 2.24) is 14.9 Å². The van der Waals surface area contributed by atoms with Crippen molar-refractivity contribution in [1.29, 1.82) is 0 Å². The number of alkyl carbamates (subject to hydrolysis) is 1. The molecule has 34 heavy (non-hydrogen) atoms. The van der Waals surface area contributed by atoms with Crippen LogP contribution in [-0.4, -0.2) is 38.8 Å². The lowest BCUT2D eigenvalue weighted by atomic mass is 9.90. The lowest BCUT2D eigenvalue weighted by molar-refractivity contribution is 0.0560. The van der Waals surface area contributed by atoms with Gasteiger partial charge in [-0.1, -0.05) is 0 Å². The van der Waals surface area contributed by atoms with Crippen molar-refractivity contribution in [3.05, 3.63) is 45.3 Å². The van der Waals surface area contributed by atoms with E-state index in [1.165, 1.54) is 18.2 Å². The van der Waals surface area contributed by atoms with Gasteiger partial charge in [0, 0.05) is 11.3 Å². The van der Waals surface area contributed by atoms with Gasteiger partial charge in [0.15, 0.2) is 11.7 Å². The van der Waals surface area contributed by atoms with E-state index in [-0.39, 0.29) is 17.9 Å². The summed E-state index contributed by atoms with van der Waals surface area (Å²) >= 11 is 2.12. The quantitative estimate of drug-likeness (QED) is 0.473. The first kappa shape index (κ1) is 25.9. The van der Waals surface area contributed by atoms with Crippen molar-refractivity contribution in [2.24, 2.45) is 4.99 Å². The maximum absolute atomic E-state index is 15.1. The van der Waals surface area contributed by atoms with Crippen LogP contribution in [0.5, 0.6) is 0 Å². The number of hydrogen-bond donors (Lipinski definition) is 2. The number of amides is 2. The van der Waals surface area contributed by atoms with Crippen LogP contribution in [0.1, 0.15) is 59.9 Å². The van der Waals surface area contributed by atoms with Gasteiger partial charge in [0.1, 0.15) is 26.3 Å². The van der Waals surface area contributed by atoms with Gasteiger partial charge in [0.05, 0.1) is 12.7 Å². The number of fused-ring (bicyclic) bond motifs is 1. The summed E-state index contributed by atoms with van der Waals surface area (Å²) in [6, 6.07) is 4.23. The maximum atomic E-state index is 15.1. The molecule has 0 bridgehead atoms. The summed E-state index contributed by atoms with van der Waals surface area (Å²) in [5.41, 5.74) is -1.91. The van der Waals surface area contributed by atoms with Crippen LogP contribution < -0.4 is 10.6 Å². The van der Waals surface area contributed by atoms with Gasteiger partial charge in [0.25, 0.3) is 0 Å². The molecule has 3 rings (SSSR count). The van der Waals surface area contributed by atoms with Crippen LogP contribution in [0.2, 0.25) is 0 Å². The van der Waals surface area contributed by atoms with Gasteiger partial charge < -0.3 is 14.0 Å². The second kappa shape index (κ2) is 9.16. The van der Waals surface area contributed by atoms with Crippen LogP contribution in [0.15, 0.2) is 29.4 Å². The molecule has 2 heterocycles. The third-order valence-electron chi connectivity index (χ3n) is 4.65. The smallest absolute Gasteiger partial charge is 0.413 e. The van der Waals surface area contributed by atoms with Crippen molar-refractivity contribution in [3.63, 3.8) is 0 Å². The monoisotopic (exact) mass is 585 g/mol. The first-order valence-corrected chi connectivity index (χ1v) is 11.8. The lowest BCUT2D eigenvalue weighted by Crippen LogP contribution is -2.44. The van der Waals surface area contributed by atoms with Gasteiger partial charge in [0.2, 0.25) is 0 Å². The number of halogens is 2. The zero-order valence-corrected chi connectivity index (χ0v) is 22.4. The Labute approximate surface area is 211 Å². The number of rotatable bonds is 2. The molecule has 0 aliphatic carbocycles. The number of nitrogens with one attached hydrogen (secondary N) is 2. The molecular formula is C23H29FIN5O4. The van der Waals surface area contributed by atoms with Gasteiger partial charge in [-0.3, -0.25) is 15.6 Å². The molecule has 0 saturated carbocycles. The third-order valence-corrected chi connectivity index (χ3v) is 5.52. The SMILES string of the molecule is CC(C)(C)OC(=O)NC1=N[C@](C)(c2cc(NC(=O)OC(C)(C)C)ccc2F)Cn2c(I)cnc21. The van der Waals surface area contributed by atoms with Crippen LogP contribution in [0.25, 0.3) is 0 Å². The van der Waals surface area contributed by atoms with E-state index in [4.69, 9.17) is 9.47 Å². The predicted octanol–water partition coefficient (Wildman–Crippen LogP) is 5.17. The predicted molar refractivity (Wildman–Crippen MR) is 134 cm³/mol. The minimum atomic E-state index is -1.12. The van der Waals surface area contributed by atoms with Crippen molar-refractivity contribution in [2.75, 3.05) is 5.32 Å². The van der Waals surface area contributed by atoms with E-state index in [1.54, 1.807) is 54.7 Å². The molecule has 9 nitrogen and oxygen atoms in total. The van der Waals surface area contributed by atoms with Gasteiger partial charge in [-0.2, -0.15) is 0 Å². The summed E-state index contributed by atoms with van der Waals surface area (Å²) in [4.78, 5) is 33.7. The van der Waals surface area contributed by atoms with Gasteiger partial charge in [-0.05, 0) is 89.3 Å². The molecule has 1 atom stereocenters. The van der Waals surface area contributed by atoms with Gasteiger partial charge in [-0.15, -0.1) is 0 Å². The molecule has 1 aliphatic rings. The van der Waals surface area contributed by atoms with E-state index in [1.807, 2.05) is 4.57 Å². The van der Waals surface area contributed by atoms with E-state index in [9.17, 15) is 9.59 Å². The minimum Gasteiger partial charge on any atom is -0.444 e. The van der Waals surface area contributed by atoms with E-state index in [0.29, 0.717) is 11.5 Å². The highest BCUT2D eigenvalue weighted by Crippen LogP contribution is 2.36. The Hall–Kier alpha value is -2.70. The molecule has 0 fully saturated rings. The summed E-state index contributed by atoms with van der Waals surface area (Å²) in [7, 11) is 0. The summed E-state index contributed by atoms with van der Waals surface area (Å²) in [5.74, 6) is 0.100. The number of ether oxygens (including phenoxy) is 2. The summed E-state index contributed by atoms with van der Waals surface area (Å²) in [6.45, 7) is 12.5. The number of aromatic nitrogens is 2. The second-order valence-corrected chi connectivity index (χ2v) is 11.3. The number of carbonyl (C=O) groups is 2. The zero-order valence-electron chi connectivity index (χ0n) is 20.2. The normalized spacial score (nSPS) is 18.0. The fourth-order valence-corrected chi connectivity index (χ4v) is 3.94.